The molecular weight excluding hydrogens is 313 g/mol. The minimum absolute atomic E-state index is 0.00163. The van der Waals surface area contributed by atoms with Crippen molar-refractivity contribution in [3.05, 3.63) is 60.2 Å². The Bertz CT molecular complexity index is 584. The lowest BCUT2D eigenvalue weighted by Gasteiger charge is -2.23. The first-order valence-electron chi connectivity index (χ1n) is 7.57. The molecule has 4 nitrogen and oxygen atoms in total. The van der Waals surface area contributed by atoms with Gasteiger partial charge in [-0.3, -0.25) is 0 Å². The van der Waals surface area contributed by atoms with Crippen LogP contribution in [0.15, 0.2) is 54.4 Å². The number of thioether (sulfide) groups is 1. The minimum Gasteiger partial charge on any atom is -0.469 e. The number of aromatic nitrogens is 1. The first-order valence-corrected chi connectivity index (χ1v) is 8.73. The number of nitrogens with zero attached hydrogens (tertiary/aromatic N) is 1. The highest BCUT2D eigenvalue weighted by atomic mass is 32.2. The normalized spacial score (nSPS) is 15.4. The van der Waals surface area contributed by atoms with E-state index in [0.717, 1.165) is 23.6 Å². The van der Waals surface area contributed by atoms with Gasteiger partial charge in [0.15, 0.2) is 0 Å². The number of nitrogens with one attached hydrogen (secondary N) is 2. The van der Waals surface area contributed by atoms with Crippen LogP contribution in [0.2, 0.25) is 0 Å². The van der Waals surface area contributed by atoms with Crippen LogP contribution in [0.1, 0.15) is 20.3 Å². The van der Waals surface area contributed by atoms with Crippen molar-refractivity contribution in [2.24, 2.45) is 0 Å². The molecule has 2 N–H and O–H groups in total. The Hall–Kier alpha value is -1.95. The molecule has 23 heavy (non-hydrogen) atoms. The van der Waals surface area contributed by atoms with Crippen molar-refractivity contribution in [2.45, 2.75) is 26.3 Å². The van der Waals surface area contributed by atoms with Crippen LogP contribution < -0.4 is 10.6 Å². The Labute approximate surface area is 140 Å². The number of anilines is 1. The molecule has 1 unspecified atom stereocenters. The summed E-state index contributed by atoms with van der Waals surface area (Å²) in [5.41, 5.74) is 2.31. The second kappa shape index (κ2) is 9.25. The van der Waals surface area contributed by atoms with E-state index in [9.17, 15) is 4.39 Å². The monoisotopic (exact) mass is 335 g/mol. The SMILES string of the molecule is CC/C(C)=C/CSCC(Nc1ccc(F)cn1)C1=COC=CN1. The molecule has 0 aromatic carbocycles. The quantitative estimate of drug-likeness (QED) is 0.555. The van der Waals surface area contributed by atoms with Gasteiger partial charge in [-0.05, 0) is 25.5 Å². The molecule has 2 rings (SSSR count). The molecular formula is C17H22FN3OS. The predicted molar refractivity (Wildman–Crippen MR) is 94.4 cm³/mol. The van der Waals surface area contributed by atoms with Crippen LogP contribution in [0.3, 0.4) is 0 Å². The zero-order valence-electron chi connectivity index (χ0n) is 13.4. The zero-order valence-corrected chi connectivity index (χ0v) is 14.2. The number of ether oxygens (including phenoxy) is 1. The zero-order chi connectivity index (χ0) is 16.5. The fourth-order valence-corrected chi connectivity index (χ4v) is 2.92. The predicted octanol–water partition coefficient (Wildman–Crippen LogP) is 4.02. The molecule has 1 aliphatic heterocycles. The van der Waals surface area contributed by atoms with Gasteiger partial charge in [-0.15, -0.1) is 0 Å². The summed E-state index contributed by atoms with van der Waals surface area (Å²) >= 11 is 1.82. The summed E-state index contributed by atoms with van der Waals surface area (Å²) in [6, 6.07) is 3.03. The molecule has 1 aromatic heterocycles. The molecule has 0 aliphatic carbocycles. The molecule has 2 heterocycles. The van der Waals surface area contributed by atoms with E-state index in [1.807, 2.05) is 11.8 Å². The maximum atomic E-state index is 13.0. The highest BCUT2D eigenvalue weighted by molar-refractivity contribution is 7.99. The molecule has 1 atom stereocenters. The van der Waals surface area contributed by atoms with Crippen molar-refractivity contribution in [1.82, 2.24) is 10.3 Å². The molecule has 0 bridgehead atoms. The first-order chi connectivity index (χ1) is 11.2. The Kier molecular flexibility index (Phi) is 7.00. The molecule has 1 aromatic rings. The lowest BCUT2D eigenvalue weighted by Crippen LogP contribution is -2.32. The van der Waals surface area contributed by atoms with Gasteiger partial charge in [-0.1, -0.05) is 18.6 Å². The average Bonchev–Trinajstić information content (AvgIpc) is 2.59. The van der Waals surface area contributed by atoms with Gasteiger partial charge in [0.2, 0.25) is 0 Å². The van der Waals surface area contributed by atoms with Crippen molar-refractivity contribution in [1.29, 1.82) is 0 Å². The number of allylic oxidation sites excluding steroid dienone is 1. The van der Waals surface area contributed by atoms with E-state index in [4.69, 9.17) is 4.74 Å². The van der Waals surface area contributed by atoms with Crippen molar-refractivity contribution in [3.8, 4) is 0 Å². The van der Waals surface area contributed by atoms with Crippen LogP contribution in [-0.4, -0.2) is 22.5 Å². The summed E-state index contributed by atoms with van der Waals surface area (Å²) in [5, 5.41) is 6.49. The summed E-state index contributed by atoms with van der Waals surface area (Å²) in [7, 11) is 0. The lowest BCUT2D eigenvalue weighted by molar-refractivity contribution is 0.379. The molecule has 0 fully saturated rings. The number of hydrogen-bond donors (Lipinski definition) is 2. The molecule has 0 radical (unpaired) electrons. The third-order valence-corrected chi connectivity index (χ3v) is 4.38. The second-order valence-corrected chi connectivity index (χ2v) is 6.23. The van der Waals surface area contributed by atoms with Gasteiger partial charge < -0.3 is 15.4 Å². The molecule has 0 amide bonds. The third-order valence-electron chi connectivity index (χ3n) is 3.41. The Morgan fingerprint density at radius 1 is 1.52 bits per heavy atom. The maximum Gasteiger partial charge on any atom is 0.141 e. The number of halogens is 1. The van der Waals surface area contributed by atoms with E-state index in [2.05, 4.69) is 35.5 Å². The van der Waals surface area contributed by atoms with Gasteiger partial charge in [-0.25, -0.2) is 9.37 Å². The minimum atomic E-state index is -0.345. The number of rotatable bonds is 8. The maximum absolute atomic E-state index is 13.0. The standard InChI is InChI=1S/C17H22FN3OS/c1-3-13(2)6-9-23-12-16(15-11-22-8-7-19-15)21-17-5-4-14(18)10-20-17/h4-8,10-11,16,19H,3,9,12H2,1-2H3,(H,20,21)/b13-6+. The summed E-state index contributed by atoms with van der Waals surface area (Å²) in [6.07, 6.45) is 9.53. The van der Waals surface area contributed by atoms with Gasteiger partial charge in [0, 0.05) is 17.7 Å². The average molecular weight is 335 g/mol. The van der Waals surface area contributed by atoms with E-state index in [-0.39, 0.29) is 11.9 Å². The third kappa shape index (κ3) is 5.98. The van der Waals surface area contributed by atoms with Crippen molar-refractivity contribution in [2.75, 3.05) is 16.8 Å². The fraction of sp³-hybridized carbons (Fsp3) is 0.353. The largest absolute Gasteiger partial charge is 0.469 e. The van der Waals surface area contributed by atoms with Crippen LogP contribution in [0.25, 0.3) is 0 Å². The highest BCUT2D eigenvalue weighted by Gasteiger charge is 2.16. The van der Waals surface area contributed by atoms with Crippen LogP contribution in [-0.2, 0) is 4.74 Å². The Morgan fingerprint density at radius 2 is 2.39 bits per heavy atom. The van der Waals surface area contributed by atoms with Crippen molar-refractivity contribution in [3.63, 3.8) is 0 Å². The molecule has 1 aliphatic rings. The Balaban J connectivity index is 1.97. The van der Waals surface area contributed by atoms with E-state index in [1.165, 1.54) is 17.8 Å². The second-order valence-electron chi connectivity index (χ2n) is 5.16. The highest BCUT2D eigenvalue weighted by Crippen LogP contribution is 2.16. The molecule has 6 heteroatoms. The van der Waals surface area contributed by atoms with Crippen LogP contribution in [0.5, 0.6) is 0 Å². The van der Waals surface area contributed by atoms with Crippen LogP contribution >= 0.6 is 11.8 Å². The smallest absolute Gasteiger partial charge is 0.141 e. The van der Waals surface area contributed by atoms with Crippen LogP contribution in [0, 0.1) is 5.82 Å². The fourth-order valence-electron chi connectivity index (χ4n) is 1.88. The summed E-state index contributed by atoms with van der Waals surface area (Å²) < 4.78 is 18.2. The van der Waals surface area contributed by atoms with Crippen molar-refractivity contribution >= 4 is 17.6 Å². The van der Waals surface area contributed by atoms with E-state index in [1.54, 1.807) is 24.8 Å². The molecule has 124 valence electrons. The van der Waals surface area contributed by atoms with Gasteiger partial charge in [-0.2, -0.15) is 11.8 Å². The van der Waals surface area contributed by atoms with Crippen LogP contribution in [0.4, 0.5) is 10.2 Å². The van der Waals surface area contributed by atoms with E-state index < -0.39 is 0 Å². The van der Waals surface area contributed by atoms with Crippen molar-refractivity contribution < 1.29 is 9.13 Å². The number of pyridine rings is 1. The van der Waals surface area contributed by atoms with Gasteiger partial charge in [0.1, 0.15) is 24.2 Å². The van der Waals surface area contributed by atoms with Gasteiger partial charge in [0.05, 0.1) is 17.9 Å². The summed E-state index contributed by atoms with van der Waals surface area (Å²) in [6.45, 7) is 4.30. The number of hydrogen-bond acceptors (Lipinski definition) is 5. The lowest BCUT2D eigenvalue weighted by atomic mass is 10.2. The first kappa shape index (κ1) is 17.4. The molecule has 0 saturated heterocycles. The topological polar surface area (TPSA) is 46.2 Å². The summed E-state index contributed by atoms with van der Waals surface area (Å²) in [5.74, 6) is 2.08. The molecule has 0 spiro atoms. The summed E-state index contributed by atoms with van der Waals surface area (Å²) in [4.78, 5) is 4.06. The van der Waals surface area contributed by atoms with Gasteiger partial charge >= 0.3 is 0 Å². The van der Waals surface area contributed by atoms with E-state index >= 15 is 0 Å². The molecule has 0 saturated carbocycles. The van der Waals surface area contributed by atoms with Gasteiger partial charge in [0.25, 0.3) is 0 Å². The van der Waals surface area contributed by atoms with E-state index in [0.29, 0.717) is 5.82 Å². The Morgan fingerprint density at radius 3 is 3.04 bits per heavy atom.